The fraction of sp³-hybridized carbons (Fsp3) is 0.800. The Morgan fingerprint density at radius 2 is 1.96 bits per heavy atom. The minimum atomic E-state index is -0.112. The van der Waals surface area contributed by atoms with Gasteiger partial charge in [0.25, 0.3) is 0 Å². The number of hydrogen-bond acceptors (Lipinski definition) is 2. The van der Waals surface area contributed by atoms with Crippen LogP contribution in [-0.2, 0) is 4.79 Å². The molecule has 0 aromatic rings. The van der Waals surface area contributed by atoms with Crippen molar-refractivity contribution < 1.29 is 9.90 Å². The maximum atomic E-state index is 11.4. The Kier molecular flexibility index (Phi) is 4.94. The highest BCUT2D eigenvalue weighted by atomic mass is 16.3. The summed E-state index contributed by atoms with van der Waals surface area (Å²) in [7, 11) is 0. The zero-order valence-electron chi connectivity index (χ0n) is 17.7. The van der Waals surface area contributed by atoms with E-state index in [1.165, 1.54) is 38.5 Å². The van der Waals surface area contributed by atoms with Crippen molar-refractivity contribution >= 4 is 5.78 Å². The summed E-state index contributed by atoms with van der Waals surface area (Å²) in [5.41, 5.74) is 2.33. The molecule has 150 valence electrons. The van der Waals surface area contributed by atoms with Crippen molar-refractivity contribution in [3.8, 4) is 0 Å². The molecule has 0 aromatic carbocycles. The molecule has 0 saturated heterocycles. The summed E-state index contributed by atoms with van der Waals surface area (Å²) < 4.78 is 0. The summed E-state index contributed by atoms with van der Waals surface area (Å²) in [6.45, 7) is 9.05. The van der Waals surface area contributed by atoms with E-state index < -0.39 is 0 Å². The standard InChI is InChI=1S/C25H38O2/c1-16(5-6-17(2)26)21-9-10-22-20-8-7-18-15-19(27)11-13-24(18,3)23(20)12-14-25(21,22)4/h5-7,16,19-23,27H,8-15H2,1-4H3. The summed E-state index contributed by atoms with van der Waals surface area (Å²) in [4.78, 5) is 11.4. The van der Waals surface area contributed by atoms with Crippen LogP contribution in [0.15, 0.2) is 23.8 Å². The van der Waals surface area contributed by atoms with Crippen molar-refractivity contribution in [2.24, 2.45) is 40.4 Å². The van der Waals surface area contributed by atoms with Gasteiger partial charge >= 0.3 is 0 Å². The maximum absolute atomic E-state index is 11.4. The van der Waals surface area contributed by atoms with E-state index in [0.717, 1.165) is 30.6 Å². The van der Waals surface area contributed by atoms with Crippen LogP contribution in [0, 0.1) is 40.4 Å². The molecule has 4 aliphatic carbocycles. The second-order valence-corrected chi connectivity index (χ2v) is 10.7. The molecule has 0 aliphatic heterocycles. The van der Waals surface area contributed by atoms with E-state index in [-0.39, 0.29) is 11.9 Å². The molecule has 3 fully saturated rings. The highest BCUT2D eigenvalue weighted by Gasteiger charge is 2.58. The minimum absolute atomic E-state index is 0.112. The molecule has 0 bridgehead atoms. The van der Waals surface area contributed by atoms with E-state index in [4.69, 9.17) is 0 Å². The largest absolute Gasteiger partial charge is 0.393 e. The van der Waals surface area contributed by atoms with Gasteiger partial charge in [0.15, 0.2) is 5.78 Å². The van der Waals surface area contributed by atoms with Crippen LogP contribution in [0.25, 0.3) is 0 Å². The molecule has 0 radical (unpaired) electrons. The molecule has 2 nitrogen and oxygen atoms in total. The van der Waals surface area contributed by atoms with E-state index in [1.807, 2.05) is 0 Å². The molecule has 3 saturated carbocycles. The van der Waals surface area contributed by atoms with Gasteiger partial charge in [-0.15, -0.1) is 0 Å². The van der Waals surface area contributed by atoms with Crippen molar-refractivity contribution in [2.75, 3.05) is 0 Å². The SMILES string of the molecule is CC(=O)C=CC(C)C1CCC2C3CC=C4CC(O)CCC4(C)C3CCC12C. The molecule has 0 heterocycles. The first-order chi connectivity index (χ1) is 12.8. The van der Waals surface area contributed by atoms with Crippen molar-refractivity contribution in [3.05, 3.63) is 23.8 Å². The van der Waals surface area contributed by atoms with Crippen molar-refractivity contribution in [1.29, 1.82) is 0 Å². The van der Waals surface area contributed by atoms with E-state index >= 15 is 0 Å². The number of fused-ring (bicyclic) bond motifs is 5. The van der Waals surface area contributed by atoms with Gasteiger partial charge in [-0.2, -0.15) is 0 Å². The molecule has 8 unspecified atom stereocenters. The van der Waals surface area contributed by atoms with Gasteiger partial charge in [0.1, 0.15) is 0 Å². The first-order valence-electron chi connectivity index (χ1n) is 11.3. The Labute approximate surface area is 165 Å². The van der Waals surface area contributed by atoms with Gasteiger partial charge < -0.3 is 5.11 Å². The monoisotopic (exact) mass is 370 g/mol. The van der Waals surface area contributed by atoms with Crippen LogP contribution in [0.4, 0.5) is 0 Å². The summed E-state index contributed by atoms with van der Waals surface area (Å²) >= 11 is 0. The fourth-order valence-corrected chi connectivity index (χ4v) is 7.97. The lowest BCUT2D eigenvalue weighted by Gasteiger charge is -2.58. The molecular weight excluding hydrogens is 332 g/mol. The summed E-state index contributed by atoms with van der Waals surface area (Å²) in [5, 5.41) is 10.2. The predicted molar refractivity (Wildman–Crippen MR) is 110 cm³/mol. The Balaban J connectivity index is 1.58. The van der Waals surface area contributed by atoms with E-state index in [1.54, 1.807) is 18.6 Å². The van der Waals surface area contributed by atoms with Crippen molar-refractivity contribution in [2.45, 2.75) is 85.2 Å². The number of carbonyl (C=O) groups excluding carboxylic acids is 1. The number of carbonyl (C=O) groups is 1. The number of rotatable bonds is 3. The normalized spacial score (nSPS) is 47.7. The average molecular weight is 371 g/mol. The minimum Gasteiger partial charge on any atom is -0.393 e. The number of ketones is 1. The van der Waals surface area contributed by atoms with Gasteiger partial charge in [0.05, 0.1) is 6.10 Å². The summed E-state index contributed by atoms with van der Waals surface area (Å²) in [6, 6.07) is 0. The van der Waals surface area contributed by atoms with Crippen LogP contribution < -0.4 is 0 Å². The fourth-order valence-electron chi connectivity index (χ4n) is 7.97. The molecule has 4 rings (SSSR count). The topological polar surface area (TPSA) is 37.3 Å². The summed E-state index contributed by atoms with van der Waals surface area (Å²) in [6.07, 6.45) is 16.1. The highest BCUT2D eigenvalue weighted by molar-refractivity contribution is 5.87. The predicted octanol–water partition coefficient (Wildman–Crippen LogP) is 5.71. The smallest absolute Gasteiger partial charge is 0.152 e. The lowest BCUT2D eigenvalue weighted by Crippen LogP contribution is -2.50. The van der Waals surface area contributed by atoms with E-state index in [9.17, 15) is 9.90 Å². The first-order valence-corrected chi connectivity index (χ1v) is 11.3. The second kappa shape index (κ2) is 6.87. The molecule has 0 amide bonds. The molecule has 0 aromatic heterocycles. The van der Waals surface area contributed by atoms with E-state index in [2.05, 4.69) is 32.9 Å². The van der Waals surface area contributed by atoms with Gasteiger partial charge in [-0.1, -0.05) is 38.5 Å². The Bertz CT molecular complexity index is 661. The van der Waals surface area contributed by atoms with E-state index in [0.29, 0.717) is 22.7 Å². The average Bonchev–Trinajstić information content (AvgIpc) is 2.97. The van der Waals surface area contributed by atoms with Crippen LogP contribution in [0.2, 0.25) is 0 Å². The summed E-state index contributed by atoms with van der Waals surface area (Å²) in [5.74, 6) is 3.84. The van der Waals surface area contributed by atoms with Gasteiger partial charge in [0.2, 0.25) is 0 Å². The molecule has 0 spiro atoms. The molecule has 2 heteroatoms. The number of aliphatic hydroxyl groups is 1. The highest BCUT2D eigenvalue weighted by Crippen LogP contribution is 2.67. The third-order valence-electron chi connectivity index (χ3n) is 9.42. The zero-order chi connectivity index (χ0) is 19.4. The first kappa shape index (κ1) is 19.4. The van der Waals surface area contributed by atoms with Crippen molar-refractivity contribution in [3.63, 3.8) is 0 Å². The zero-order valence-corrected chi connectivity index (χ0v) is 17.7. The number of allylic oxidation sites excluding steroid dienone is 3. The molecule has 1 N–H and O–H groups in total. The van der Waals surface area contributed by atoms with Crippen LogP contribution in [0.1, 0.15) is 79.1 Å². The Morgan fingerprint density at radius 1 is 1.19 bits per heavy atom. The third kappa shape index (κ3) is 3.07. The molecule has 4 aliphatic rings. The van der Waals surface area contributed by atoms with Crippen molar-refractivity contribution in [1.82, 2.24) is 0 Å². The Morgan fingerprint density at radius 3 is 2.70 bits per heavy atom. The molecule has 27 heavy (non-hydrogen) atoms. The Hall–Kier alpha value is -0.890. The van der Waals surface area contributed by atoms with Gasteiger partial charge in [0, 0.05) is 0 Å². The van der Waals surface area contributed by atoms with Gasteiger partial charge in [-0.3, -0.25) is 4.79 Å². The van der Waals surface area contributed by atoms with Crippen LogP contribution >= 0.6 is 0 Å². The van der Waals surface area contributed by atoms with Crippen LogP contribution in [0.3, 0.4) is 0 Å². The lowest BCUT2D eigenvalue weighted by molar-refractivity contribution is -0.112. The van der Waals surface area contributed by atoms with Gasteiger partial charge in [-0.25, -0.2) is 0 Å². The molecule has 8 atom stereocenters. The lowest BCUT2D eigenvalue weighted by atomic mass is 9.47. The number of aliphatic hydroxyl groups excluding tert-OH is 1. The molecular formula is C25H38O2. The maximum Gasteiger partial charge on any atom is 0.152 e. The number of hydrogen-bond donors (Lipinski definition) is 1. The van der Waals surface area contributed by atoms with Crippen LogP contribution in [0.5, 0.6) is 0 Å². The van der Waals surface area contributed by atoms with Crippen LogP contribution in [-0.4, -0.2) is 17.0 Å². The van der Waals surface area contributed by atoms with Gasteiger partial charge in [-0.05, 0) is 105 Å². The second-order valence-electron chi connectivity index (χ2n) is 10.7. The third-order valence-corrected chi connectivity index (χ3v) is 9.42. The quantitative estimate of drug-likeness (QED) is 0.510.